The average molecular weight is 483 g/mol. The Morgan fingerprint density at radius 1 is 1.00 bits per heavy atom. The first kappa shape index (κ1) is 22.1. The van der Waals surface area contributed by atoms with E-state index in [0.717, 1.165) is 32.0 Å². The molecule has 0 bridgehead atoms. The second kappa shape index (κ2) is 9.60. The number of hydrogen-bond acceptors (Lipinski definition) is 6. The summed E-state index contributed by atoms with van der Waals surface area (Å²) in [5.41, 5.74) is 0.976. The zero-order valence-electron chi connectivity index (χ0n) is 16.4. The quantitative estimate of drug-likeness (QED) is 0.222. The van der Waals surface area contributed by atoms with Crippen LogP contribution < -0.4 is 0 Å². The van der Waals surface area contributed by atoms with Gasteiger partial charge in [0.05, 0.1) is 16.4 Å². The van der Waals surface area contributed by atoms with Gasteiger partial charge in [0.2, 0.25) is 0 Å². The predicted octanol–water partition coefficient (Wildman–Crippen LogP) is 6.64. The van der Waals surface area contributed by atoms with Crippen molar-refractivity contribution in [2.75, 3.05) is 0 Å². The number of thioether (sulfide) groups is 1. The first-order valence-corrected chi connectivity index (χ1v) is 11.4. The first-order valence-electron chi connectivity index (χ1n) is 9.42. The summed E-state index contributed by atoms with van der Waals surface area (Å²) >= 11 is 8.30. The fourth-order valence-electron chi connectivity index (χ4n) is 3.09. The smallest absolute Gasteiger partial charge is 0.268 e. The lowest BCUT2D eigenvalue weighted by Crippen LogP contribution is -2.27. The Morgan fingerprint density at radius 3 is 2.44 bits per heavy atom. The molecule has 1 fully saturated rings. The molecule has 9 heteroatoms. The molecule has 0 atom stereocenters. The van der Waals surface area contributed by atoms with Crippen LogP contribution in [0.4, 0.5) is 10.5 Å². The van der Waals surface area contributed by atoms with E-state index in [2.05, 4.69) is 0 Å². The lowest BCUT2D eigenvalue weighted by molar-refractivity contribution is -0.385. The van der Waals surface area contributed by atoms with Gasteiger partial charge in [0.15, 0.2) is 0 Å². The van der Waals surface area contributed by atoms with Crippen molar-refractivity contribution in [2.24, 2.45) is 0 Å². The van der Waals surface area contributed by atoms with E-state index in [0.29, 0.717) is 10.6 Å². The summed E-state index contributed by atoms with van der Waals surface area (Å²) in [5, 5.41) is 11.5. The van der Waals surface area contributed by atoms with Crippen LogP contribution in [0.1, 0.15) is 11.1 Å². The number of carbonyl (C=O) groups excluding carboxylic acids is 2. The van der Waals surface area contributed by atoms with E-state index >= 15 is 0 Å². The van der Waals surface area contributed by atoms with Gasteiger partial charge in [-0.3, -0.25) is 24.6 Å². The van der Waals surface area contributed by atoms with Crippen molar-refractivity contribution >= 4 is 58.0 Å². The second-order valence-electron chi connectivity index (χ2n) is 6.75. The van der Waals surface area contributed by atoms with Crippen LogP contribution in [0, 0.1) is 10.1 Å². The molecule has 0 aliphatic carbocycles. The minimum Gasteiger partial charge on any atom is -0.268 e. The van der Waals surface area contributed by atoms with Crippen molar-refractivity contribution in [1.29, 1.82) is 0 Å². The molecule has 0 N–H and O–H groups in total. The average Bonchev–Trinajstić information content (AvgIpc) is 3.04. The molecule has 1 aliphatic rings. The van der Waals surface area contributed by atoms with E-state index in [4.69, 9.17) is 11.6 Å². The molecule has 0 aromatic heterocycles. The molecular weight excluding hydrogens is 468 g/mol. The Labute approximate surface area is 197 Å². The number of benzene rings is 3. The molecule has 2 amide bonds. The van der Waals surface area contributed by atoms with E-state index in [-0.39, 0.29) is 17.1 Å². The Kier molecular flexibility index (Phi) is 6.64. The van der Waals surface area contributed by atoms with Crippen molar-refractivity contribution in [3.8, 4) is 0 Å². The number of carbonyl (C=O) groups is 2. The van der Waals surface area contributed by atoms with Crippen molar-refractivity contribution in [3.05, 3.63) is 104 Å². The number of nitrogens with zero attached hydrogens (tertiary/aromatic N) is 2. The molecule has 4 rings (SSSR count). The van der Waals surface area contributed by atoms with Crippen LogP contribution >= 0.6 is 35.1 Å². The number of rotatable bonds is 6. The highest BCUT2D eigenvalue weighted by Gasteiger charge is 2.36. The minimum absolute atomic E-state index is 0.125. The summed E-state index contributed by atoms with van der Waals surface area (Å²) in [6.07, 6.45) is 1.68. The van der Waals surface area contributed by atoms with Crippen molar-refractivity contribution in [1.82, 2.24) is 4.90 Å². The highest BCUT2D eigenvalue weighted by Crippen LogP contribution is 2.37. The van der Waals surface area contributed by atoms with Crippen LogP contribution in [0.15, 0.2) is 87.5 Å². The topological polar surface area (TPSA) is 80.5 Å². The third-order valence-electron chi connectivity index (χ3n) is 4.64. The van der Waals surface area contributed by atoms with Gasteiger partial charge in [0.1, 0.15) is 0 Å². The molecule has 3 aromatic rings. The number of nitro groups is 1. The van der Waals surface area contributed by atoms with Gasteiger partial charge in [0, 0.05) is 26.4 Å². The van der Waals surface area contributed by atoms with Crippen molar-refractivity contribution in [3.63, 3.8) is 0 Å². The number of hydrogen-bond donors (Lipinski definition) is 0. The summed E-state index contributed by atoms with van der Waals surface area (Å²) in [6, 6.07) is 21.1. The Bertz CT molecular complexity index is 1240. The van der Waals surface area contributed by atoms with Gasteiger partial charge in [-0.05, 0) is 53.7 Å². The number of nitro benzene ring substituents is 1. The summed E-state index contributed by atoms with van der Waals surface area (Å²) in [5.74, 6) is -0.468. The zero-order chi connectivity index (χ0) is 22.7. The van der Waals surface area contributed by atoms with Crippen LogP contribution in [0.3, 0.4) is 0 Å². The lowest BCUT2D eigenvalue weighted by Gasteiger charge is -2.12. The molecular formula is C23H15ClN2O4S2. The molecule has 1 saturated heterocycles. The summed E-state index contributed by atoms with van der Waals surface area (Å²) in [7, 11) is 0. The minimum atomic E-state index is -0.519. The maximum atomic E-state index is 12.9. The van der Waals surface area contributed by atoms with Crippen LogP contribution in [-0.4, -0.2) is 21.0 Å². The van der Waals surface area contributed by atoms with Crippen LogP contribution in [-0.2, 0) is 11.3 Å². The van der Waals surface area contributed by atoms with Gasteiger partial charge < -0.3 is 0 Å². The van der Waals surface area contributed by atoms with Gasteiger partial charge >= 0.3 is 0 Å². The van der Waals surface area contributed by atoms with Crippen molar-refractivity contribution < 1.29 is 14.5 Å². The maximum absolute atomic E-state index is 12.9. The van der Waals surface area contributed by atoms with Gasteiger partial charge in [-0.15, -0.1) is 0 Å². The fourth-order valence-corrected chi connectivity index (χ4v) is 4.97. The third-order valence-corrected chi connectivity index (χ3v) is 6.90. The largest absolute Gasteiger partial charge is 0.293 e. The first-order chi connectivity index (χ1) is 15.4. The van der Waals surface area contributed by atoms with Gasteiger partial charge in [-0.2, -0.15) is 0 Å². The zero-order valence-corrected chi connectivity index (χ0v) is 18.8. The molecule has 1 heterocycles. The molecule has 6 nitrogen and oxygen atoms in total. The summed E-state index contributed by atoms with van der Waals surface area (Å²) < 4.78 is 0. The Morgan fingerprint density at radius 2 is 1.69 bits per heavy atom. The van der Waals surface area contributed by atoms with Crippen LogP contribution in [0.25, 0.3) is 6.08 Å². The monoisotopic (exact) mass is 482 g/mol. The molecule has 160 valence electrons. The molecule has 32 heavy (non-hydrogen) atoms. The van der Waals surface area contributed by atoms with E-state index < -0.39 is 16.1 Å². The third kappa shape index (κ3) is 4.88. The SMILES string of the molecule is O=C1S/C(=C\c2ccccc2Sc2ccc(Cl)cc2)C(=O)N1Cc1ccccc1[N+](=O)[O-]. The number of halogens is 1. The Balaban J connectivity index is 1.59. The fraction of sp³-hybridized carbons (Fsp3) is 0.0435. The molecule has 0 saturated carbocycles. The molecule has 1 aliphatic heterocycles. The molecule has 0 unspecified atom stereocenters. The van der Waals surface area contributed by atoms with E-state index in [1.807, 2.05) is 36.4 Å². The number of para-hydroxylation sites is 1. The van der Waals surface area contributed by atoms with Gasteiger partial charge in [0.25, 0.3) is 16.8 Å². The van der Waals surface area contributed by atoms with E-state index in [1.165, 1.54) is 17.8 Å². The number of amides is 2. The maximum Gasteiger partial charge on any atom is 0.293 e. The second-order valence-corrected chi connectivity index (χ2v) is 9.29. The molecule has 3 aromatic carbocycles. The predicted molar refractivity (Wildman–Crippen MR) is 127 cm³/mol. The highest BCUT2D eigenvalue weighted by molar-refractivity contribution is 8.18. The summed E-state index contributed by atoms with van der Waals surface area (Å²) in [4.78, 5) is 39.4. The summed E-state index contributed by atoms with van der Waals surface area (Å²) in [6.45, 7) is -0.152. The molecule has 0 radical (unpaired) electrons. The number of imide groups is 1. The standard InChI is InChI=1S/C23H15ClN2O4S2/c24-17-9-11-18(12-10-17)31-20-8-4-2-5-15(20)13-21-22(27)25(23(28)32-21)14-16-6-1-3-7-19(16)26(29)30/h1-13H,14H2/b21-13-. The van der Waals surface area contributed by atoms with E-state index in [1.54, 1.807) is 36.4 Å². The van der Waals surface area contributed by atoms with Gasteiger partial charge in [-0.25, -0.2) is 0 Å². The van der Waals surface area contributed by atoms with Crippen molar-refractivity contribution in [2.45, 2.75) is 16.3 Å². The lowest BCUT2D eigenvalue weighted by atomic mass is 10.1. The normalized spacial score (nSPS) is 14.9. The highest BCUT2D eigenvalue weighted by atomic mass is 35.5. The Hall–Kier alpha value is -3.07. The molecule has 0 spiro atoms. The van der Waals surface area contributed by atoms with Gasteiger partial charge in [-0.1, -0.05) is 59.8 Å². The van der Waals surface area contributed by atoms with Crippen LogP contribution in [0.5, 0.6) is 0 Å². The van der Waals surface area contributed by atoms with E-state index in [9.17, 15) is 19.7 Å². The van der Waals surface area contributed by atoms with Crippen LogP contribution in [0.2, 0.25) is 5.02 Å².